The second kappa shape index (κ2) is 9.49. The van der Waals surface area contributed by atoms with E-state index in [-0.39, 0.29) is 18.5 Å². The quantitative estimate of drug-likeness (QED) is 0.507. The highest BCUT2D eigenvalue weighted by Crippen LogP contribution is 2.27. The first-order valence-corrected chi connectivity index (χ1v) is 10.4. The molecule has 4 N–H and O–H groups in total. The van der Waals surface area contributed by atoms with Crippen LogP contribution in [-0.4, -0.2) is 40.5 Å². The summed E-state index contributed by atoms with van der Waals surface area (Å²) in [7, 11) is 1.74. The number of anilines is 1. The van der Waals surface area contributed by atoms with Crippen LogP contribution < -0.4 is 16.4 Å². The molecule has 1 aromatic carbocycles. The lowest BCUT2D eigenvalue weighted by atomic mass is 10.1. The Kier molecular flexibility index (Phi) is 7.02. The van der Waals surface area contributed by atoms with Gasteiger partial charge in [-0.15, -0.1) is 11.3 Å². The third-order valence-corrected chi connectivity index (χ3v) is 5.97. The Morgan fingerprint density at radius 1 is 1.28 bits per heavy atom. The zero-order chi connectivity index (χ0) is 21.0. The van der Waals surface area contributed by atoms with E-state index >= 15 is 0 Å². The second-order valence-corrected chi connectivity index (χ2v) is 8.14. The molecule has 7 nitrogen and oxygen atoms in total. The van der Waals surface area contributed by atoms with Crippen LogP contribution in [0.4, 0.5) is 5.95 Å². The van der Waals surface area contributed by atoms with Crippen molar-refractivity contribution in [3.63, 3.8) is 0 Å². The van der Waals surface area contributed by atoms with Gasteiger partial charge in [-0.2, -0.15) is 0 Å². The van der Waals surface area contributed by atoms with Gasteiger partial charge in [0, 0.05) is 35.9 Å². The molecule has 1 amide bonds. The van der Waals surface area contributed by atoms with Crippen LogP contribution in [-0.2, 0) is 6.42 Å². The average molecular weight is 451 g/mol. The van der Waals surface area contributed by atoms with E-state index in [1.165, 1.54) is 11.3 Å². The standard InChI is InChI=1S/C19H20Cl2N6OS/c1-10-16(29-18(25-10)15-5-6-24-19(23-2)27-15)17(28)26-13(9-22)7-11-3-4-12(20)8-14(11)21/h3-6,8,13H,7,9,22H2,1-2H3,(H,26,28)(H,23,24,27). The average Bonchev–Trinajstić information content (AvgIpc) is 3.11. The Morgan fingerprint density at radius 2 is 2.07 bits per heavy atom. The molecule has 2 heterocycles. The lowest BCUT2D eigenvalue weighted by Gasteiger charge is -2.17. The second-order valence-electron chi connectivity index (χ2n) is 6.29. The number of aryl methyl sites for hydroxylation is 1. The van der Waals surface area contributed by atoms with Crippen LogP contribution in [0.15, 0.2) is 30.5 Å². The highest BCUT2D eigenvalue weighted by molar-refractivity contribution is 7.17. The maximum atomic E-state index is 12.8. The summed E-state index contributed by atoms with van der Waals surface area (Å²) in [4.78, 5) is 26.3. The number of benzene rings is 1. The Balaban J connectivity index is 1.76. The van der Waals surface area contributed by atoms with Crippen molar-refractivity contribution in [2.24, 2.45) is 5.73 Å². The van der Waals surface area contributed by atoms with Gasteiger partial charge in [0.15, 0.2) is 0 Å². The number of hydrogen-bond acceptors (Lipinski definition) is 7. The van der Waals surface area contributed by atoms with Gasteiger partial charge >= 0.3 is 0 Å². The maximum Gasteiger partial charge on any atom is 0.263 e. The van der Waals surface area contributed by atoms with E-state index in [4.69, 9.17) is 28.9 Å². The normalized spacial score (nSPS) is 11.9. The number of nitrogens with two attached hydrogens (primary N) is 1. The van der Waals surface area contributed by atoms with Crippen LogP contribution in [0.3, 0.4) is 0 Å². The number of aromatic nitrogens is 3. The topological polar surface area (TPSA) is 106 Å². The molecular formula is C19H20Cl2N6OS. The van der Waals surface area contributed by atoms with Crippen LogP contribution >= 0.6 is 34.5 Å². The molecule has 2 aromatic heterocycles. The molecule has 0 aliphatic heterocycles. The third kappa shape index (κ3) is 5.22. The Labute approximate surface area is 182 Å². The SMILES string of the molecule is CNc1nccc(-c2nc(C)c(C(=O)NC(CN)Cc3ccc(Cl)cc3Cl)s2)n1. The minimum atomic E-state index is -0.277. The lowest BCUT2D eigenvalue weighted by molar-refractivity contribution is 0.0941. The van der Waals surface area contributed by atoms with Gasteiger partial charge in [-0.25, -0.2) is 15.0 Å². The number of hydrogen-bond donors (Lipinski definition) is 3. The van der Waals surface area contributed by atoms with Gasteiger partial charge in [0.25, 0.3) is 5.91 Å². The molecule has 152 valence electrons. The van der Waals surface area contributed by atoms with E-state index in [2.05, 4.69) is 25.6 Å². The zero-order valence-electron chi connectivity index (χ0n) is 15.9. The minimum Gasteiger partial charge on any atom is -0.357 e. The molecule has 0 saturated carbocycles. The summed E-state index contributed by atoms with van der Waals surface area (Å²) >= 11 is 13.5. The summed E-state index contributed by atoms with van der Waals surface area (Å²) in [6, 6.07) is 6.75. The Bertz CT molecular complexity index is 1030. The molecule has 0 spiro atoms. The third-order valence-electron chi connectivity index (χ3n) is 4.20. The van der Waals surface area contributed by atoms with Gasteiger partial charge in [0.05, 0.1) is 5.69 Å². The van der Waals surface area contributed by atoms with Crippen molar-refractivity contribution < 1.29 is 4.79 Å². The van der Waals surface area contributed by atoms with Crippen molar-refractivity contribution in [3.05, 3.63) is 56.6 Å². The zero-order valence-corrected chi connectivity index (χ0v) is 18.2. The number of nitrogens with zero attached hydrogens (tertiary/aromatic N) is 3. The first-order chi connectivity index (χ1) is 13.9. The van der Waals surface area contributed by atoms with Crippen molar-refractivity contribution in [2.75, 3.05) is 18.9 Å². The molecule has 0 fully saturated rings. The predicted octanol–water partition coefficient (Wildman–Crippen LogP) is 3.56. The van der Waals surface area contributed by atoms with Crippen molar-refractivity contribution in [3.8, 4) is 10.7 Å². The molecule has 0 aliphatic carbocycles. The van der Waals surface area contributed by atoms with Crippen molar-refractivity contribution >= 4 is 46.4 Å². The number of amides is 1. The summed E-state index contributed by atoms with van der Waals surface area (Å²) < 4.78 is 0. The number of carbonyl (C=O) groups excluding carboxylic acids is 1. The number of rotatable bonds is 7. The van der Waals surface area contributed by atoms with Gasteiger partial charge in [0.2, 0.25) is 5.95 Å². The summed E-state index contributed by atoms with van der Waals surface area (Å²) in [6.07, 6.45) is 2.14. The van der Waals surface area contributed by atoms with Crippen LogP contribution in [0.25, 0.3) is 10.7 Å². The molecule has 29 heavy (non-hydrogen) atoms. The van der Waals surface area contributed by atoms with E-state index in [0.29, 0.717) is 43.7 Å². The predicted molar refractivity (Wildman–Crippen MR) is 118 cm³/mol. The summed E-state index contributed by atoms with van der Waals surface area (Å²) in [5.41, 5.74) is 8.03. The van der Waals surface area contributed by atoms with E-state index in [1.807, 2.05) is 6.07 Å². The molecule has 3 aromatic rings. The molecule has 1 atom stereocenters. The van der Waals surface area contributed by atoms with Crippen molar-refractivity contribution in [1.82, 2.24) is 20.3 Å². The maximum absolute atomic E-state index is 12.8. The van der Waals surface area contributed by atoms with Gasteiger partial charge in [0.1, 0.15) is 15.6 Å². The van der Waals surface area contributed by atoms with E-state index in [1.54, 1.807) is 38.4 Å². The molecule has 0 saturated heterocycles. The van der Waals surface area contributed by atoms with Gasteiger partial charge in [-0.1, -0.05) is 29.3 Å². The monoisotopic (exact) mass is 450 g/mol. The highest BCUT2D eigenvalue weighted by Gasteiger charge is 2.20. The fraction of sp³-hybridized carbons (Fsp3) is 0.263. The smallest absolute Gasteiger partial charge is 0.263 e. The van der Waals surface area contributed by atoms with E-state index < -0.39 is 0 Å². The van der Waals surface area contributed by atoms with Gasteiger partial charge in [-0.05, 0) is 37.1 Å². The van der Waals surface area contributed by atoms with Crippen LogP contribution in [0, 0.1) is 6.92 Å². The van der Waals surface area contributed by atoms with E-state index in [9.17, 15) is 4.79 Å². The molecule has 10 heteroatoms. The summed E-state index contributed by atoms with van der Waals surface area (Å²) in [6.45, 7) is 2.06. The molecule has 3 rings (SSSR count). The summed E-state index contributed by atoms with van der Waals surface area (Å²) in [5.74, 6) is 0.263. The fourth-order valence-electron chi connectivity index (χ4n) is 2.71. The van der Waals surface area contributed by atoms with Gasteiger partial charge in [-0.3, -0.25) is 4.79 Å². The first kappa shape index (κ1) is 21.4. The Hall–Kier alpha value is -2.26. The molecule has 0 aliphatic rings. The molecule has 0 radical (unpaired) electrons. The number of halogens is 2. The summed E-state index contributed by atoms with van der Waals surface area (Å²) in [5, 5.41) is 7.62. The number of thiazole rings is 1. The van der Waals surface area contributed by atoms with Crippen LogP contribution in [0.2, 0.25) is 10.0 Å². The fourth-order valence-corrected chi connectivity index (χ4v) is 4.14. The molecule has 1 unspecified atom stereocenters. The van der Waals surface area contributed by atoms with Crippen molar-refractivity contribution in [1.29, 1.82) is 0 Å². The van der Waals surface area contributed by atoms with Crippen LogP contribution in [0.5, 0.6) is 0 Å². The minimum absolute atomic E-state index is 0.227. The number of carbonyl (C=O) groups is 1. The van der Waals surface area contributed by atoms with Gasteiger partial charge < -0.3 is 16.4 Å². The van der Waals surface area contributed by atoms with E-state index in [0.717, 1.165) is 5.56 Å². The number of nitrogens with one attached hydrogen (secondary N) is 2. The largest absolute Gasteiger partial charge is 0.357 e. The lowest BCUT2D eigenvalue weighted by Crippen LogP contribution is -2.41. The first-order valence-electron chi connectivity index (χ1n) is 8.84. The van der Waals surface area contributed by atoms with Crippen LogP contribution in [0.1, 0.15) is 20.9 Å². The molecular weight excluding hydrogens is 431 g/mol. The van der Waals surface area contributed by atoms with Crippen molar-refractivity contribution in [2.45, 2.75) is 19.4 Å². The molecule has 0 bridgehead atoms. The Morgan fingerprint density at radius 3 is 2.76 bits per heavy atom. The highest BCUT2D eigenvalue weighted by atomic mass is 35.5.